The van der Waals surface area contributed by atoms with Crippen molar-refractivity contribution >= 4 is 5.95 Å². The first-order valence-corrected chi connectivity index (χ1v) is 5.97. The topological polar surface area (TPSA) is 55.0 Å². The molecule has 0 aliphatic heterocycles. The van der Waals surface area contributed by atoms with E-state index in [9.17, 15) is 0 Å². The van der Waals surface area contributed by atoms with Crippen LogP contribution in [0.5, 0.6) is 0 Å². The Bertz CT molecular complexity index is 296. The molecule has 1 aromatic rings. The van der Waals surface area contributed by atoms with E-state index in [4.69, 9.17) is 5.73 Å². The van der Waals surface area contributed by atoms with E-state index in [0.29, 0.717) is 12.5 Å². The number of nitrogens with zero attached hydrogens (tertiary/aromatic N) is 3. The van der Waals surface area contributed by atoms with Gasteiger partial charge in [0.1, 0.15) is 0 Å². The minimum absolute atomic E-state index is 0.498. The Morgan fingerprint density at radius 1 is 1.31 bits per heavy atom. The van der Waals surface area contributed by atoms with Crippen LogP contribution in [0.1, 0.15) is 32.8 Å². The van der Waals surface area contributed by atoms with Crippen LogP contribution in [0.15, 0.2) is 12.4 Å². The van der Waals surface area contributed by atoms with E-state index in [1.54, 1.807) is 0 Å². The Balaban J connectivity index is 2.70. The Kier molecular flexibility index (Phi) is 5.19. The standard InChI is InChI=1S/C12H22N4/c1-4-10(3)9-16(5-2)12-14-7-11(6-13)8-15-12/h7-8,10H,4-6,9,13H2,1-3H3. The maximum atomic E-state index is 5.52. The molecule has 2 N–H and O–H groups in total. The molecule has 0 saturated heterocycles. The lowest BCUT2D eigenvalue weighted by molar-refractivity contribution is 0.542. The van der Waals surface area contributed by atoms with Crippen molar-refractivity contribution in [2.75, 3.05) is 18.0 Å². The van der Waals surface area contributed by atoms with Crippen molar-refractivity contribution in [3.05, 3.63) is 18.0 Å². The van der Waals surface area contributed by atoms with Gasteiger partial charge in [0.25, 0.3) is 0 Å². The molecule has 4 nitrogen and oxygen atoms in total. The number of aromatic nitrogens is 2. The van der Waals surface area contributed by atoms with Crippen LogP contribution in [0.25, 0.3) is 0 Å². The van der Waals surface area contributed by atoms with Crippen LogP contribution in [0.2, 0.25) is 0 Å². The minimum atomic E-state index is 0.498. The molecule has 0 aromatic carbocycles. The van der Waals surface area contributed by atoms with E-state index in [1.807, 2.05) is 12.4 Å². The van der Waals surface area contributed by atoms with Gasteiger partial charge in [0.2, 0.25) is 5.95 Å². The van der Waals surface area contributed by atoms with Gasteiger partial charge in [-0.3, -0.25) is 0 Å². The molecule has 1 atom stereocenters. The second-order valence-electron chi connectivity index (χ2n) is 4.15. The van der Waals surface area contributed by atoms with Crippen LogP contribution >= 0.6 is 0 Å². The summed E-state index contributed by atoms with van der Waals surface area (Å²) in [5.41, 5.74) is 6.49. The Morgan fingerprint density at radius 2 is 1.94 bits per heavy atom. The number of rotatable bonds is 6. The normalized spacial score (nSPS) is 12.5. The van der Waals surface area contributed by atoms with Crippen molar-refractivity contribution in [1.82, 2.24) is 9.97 Å². The van der Waals surface area contributed by atoms with Crippen LogP contribution in [0.3, 0.4) is 0 Å². The molecule has 0 aliphatic rings. The zero-order valence-electron chi connectivity index (χ0n) is 10.5. The van der Waals surface area contributed by atoms with Gasteiger partial charge >= 0.3 is 0 Å². The molecule has 1 unspecified atom stereocenters. The van der Waals surface area contributed by atoms with E-state index in [-0.39, 0.29) is 0 Å². The molecule has 0 aliphatic carbocycles. The zero-order chi connectivity index (χ0) is 12.0. The lowest BCUT2D eigenvalue weighted by Gasteiger charge is -2.23. The van der Waals surface area contributed by atoms with E-state index in [1.165, 1.54) is 6.42 Å². The molecule has 4 heteroatoms. The van der Waals surface area contributed by atoms with Crippen molar-refractivity contribution in [2.45, 2.75) is 33.7 Å². The molecule has 0 amide bonds. The lowest BCUT2D eigenvalue weighted by Crippen LogP contribution is -2.29. The van der Waals surface area contributed by atoms with Crippen molar-refractivity contribution < 1.29 is 0 Å². The van der Waals surface area contributed by atoms with Gasteiger partial charge in [0.05, 0.1) is 0 Å². The Morgan fingerprint density at radius 3 is 2.38 bits per heavy atom. The molecule has 0 fully saturated rings. The molecule has 0 spiro atoms. The van der Waals surface area contributed by atoms with Crippen LogP contribution in [0, 0.1) is 5.92 Å². The molecule has 1 aromatic heterocycles. The highest BCUT2D eigenvalue weighted by molar-refractivity contribution is 5.29. The van der Waals surface area contributed by atoms with Gasteiger partial charge in [-0.2, -0.15) is 0 Å². The van der Waals surface area contributed by atoms with Crippen molar-refractivity contribution in [3.8, 4) is 0 Å². The predicted molar refractivity (Wildman–Crippen MR) is 67.3 cm³/mol. The third-order valence-corrected chi connectivity index (χ3v) is 2.82. The van der Waals surface area contributed by atoms with Crippen LogP contribution in [-0.2, 0) is 6.54 Å². The van der Waals surface area contributed by atoms with Crippen LogP contribution in [-0.4, -0.2) is 23.1 Å². The largest absolute Gasteiger partial charge is 0.341 e. The first-order chi connectivity index (χ1) is 7.71. The van der Waals surface area contributed by atoms with Crippen molar-refractivity contribution in [3.63, 3.8) is 0 Å². The molecule has 1 heterocycles. The average molecular weight is 222 g/mol. The highest BCUT2D eigenvalue weighted by Gasteiger charge is 2.10. The van der Waals surface area contributed by atoms with Crippen molar-refractivity contribution in [1.29, 1.82) is 0 Å². The maximum Gasteiger partial charge on any atom is 0.225 e. The summed E-state index contributed by atoms with van der Waals surface area (Å²) >= 11 is 0. The Labute approximate surface area is 97.9 Å². The van der Waals surface area contributed by atoms with E-state index in [2.05, 4.69) is 35.6 Å². The molecule has 16 heavy (non-hydrogen) atoms. The number of anilines is 1. The van der Waals surface area contributed by atoms with Gasteiger partial charge < -0.3 is 10.6 Å². The fourth-order valence-corrected chi connectivity index (χ4v) is 1.47. The van der Waals surface area contributed by atoms with Gasteiger partial charge in [-0.1, -0.05) is 20.3 Å². The summed E-state index contributed by atoms with van der Waals surface area (Å²) in [6.07, 6.45) is 4.79. The van der Waals surface area contributed by atoms with Gasteiger partial charge in [-0.05, 0) is 12.8 Å². The van der Waals surface area contributed by atoms with Crippen LogP contribution < -0.4 is 10.6 Å². The second kappa shape index (κ2) is 6.43. The van der Waals surface area contributed by atoms with E-state index < -0.39 is 0 Å². The minimum Gasteiger partial charge on any atom is -0.341 e. The molecular weight excluding hydrogens is 200 g/mol. The summed E-state index contributed by atoms with van der Waals surface area (Å²) in [6.45, 7) is 9.02. The summed E-state index contributed by atoms with van der Waals surface area (Å²) in [4.78, 5) is 10.9. The molecule has 0 radical (unpaired) electrons. The first-order valence-electron chi connectivity index (χ1n) is 5.97. The van der Waals surface area contributed by atoms with E-state index in [0.717, 1.165) is 24.6 Å². The molecule has 90 valence electrons. The van der Waals surface area contributed by atoms with Gasteiger partial charge in [-0.15, -0.1) is 0 Å². The number of hydrogen-bond acceptors (Lipinski definition) is 4. The lowest BCUT2D eigenvalue weighted by atomic mass is 10.1. The third-order valence-electron chi connectivity index (χ3n) is 2.82. The average Bonchev–Trinajstić information content (AvgIpc) is 2.35. The van der Waals surface area contributed by atoms with Gasteiger partial charge in [0, 0.05) is 37.6 Å². The zero-order valence-corrected chi connectivity index (χ0v) is 10.5. The highest BCUT2D eigenvalue weighted by atomic mass is 15.2. The van der Waals surface area contributed by atoms with Gasteiger partial charge in [-0.25, -0.2) is 9.97 Å². The summed E-state index contributed by atoms with van der Waals surface area (Å²) in [7, 11) is 0. The molecule has 1 rings (SSSR count). The smallest absolute Gasteiger partial charge is 0.225 e. The molecular formula is C12H22N4. The molecule has 0 saturated carbocycles. The van der Waals surface area contributed by atoms with Crippen molar-refractivity contribution in [2.24, 2.45) is 11.7 Å². The first kappa shape index (κ1) is 12.9. The number of hydrogen-bond donors (Lipinski definition) is 1. The maximum absolute atomic E-state index is 5.52. The summed E-state index contributed by atoms with van der Waals surface area (Å²) in [5, 5.41) is 0. The number of nitrogens with two attached hydrogens (primary N) is 1. The quantitative estimate of drug-likeness (QED) is 0.797. The summed E-state index contributed by atoms with van der Waals surface area (Å²) in [6, 6.07) is 0. The fraction of sp³-hybridized carbons (Fsp3) is 0.667. The van der Waals surface area contributed by atoms with Gasteiger partial charge in [0.15, 0.2) is 0 Å². The highest BCUT2D eigenvalue weighted by Crippen LogP contribution is 2.11. The monoisotopic (exact) mass is 222 g/mol. The summed E-state index contributed by atoms with van der Waals surface area (Å²) < 4.78 is 0. The SMILES string of the molecule is CCC(C)CN(CC)c1ncc(CN)cn1. The Hall–Kier alpha value is -1.16. The third kappa shape index (κ3) is 3.45. The van der Waals surface area contributed by atoms with Crippen LogP contribution in [0.4, 0.5) is 5.95 Å². The fourth-order valence-electron chi connectivity index (χ4n) is 1.47. The summed E-state index contributed by atoms with van der Waals surface area (Å²) in [5.74, 6) is 1.47. The second-order valence-corrected chi connectivity index (χ2v) is 4.15. The predicted octanol–water partition coefficient (Wildman–Crippen LogP) is 1.81. The molecule has 0 bridgehead atoms. The van der Waals surface area contributed by atoms with E-state index >= 15 is 0 Å².